The Morgan fingerprint density at radius 1 is 0.900 bits per heavy atom. The Morgan fingerprint density at radius 3 is 2.13 bits per heavy atom. The van der Waals surface area contributed by atoms with Gasteiger partial charge in [0.05, 0.1) is 6.54 Å². The number of halogens is 2. The van der Waals surface area contributed by atoms with Gasteiger partial charge in [0.15, 0.2) is 12.4 Å². The van der Waals surface area contributed by atoms with Crippen LogP contribution in [0.4, 0.5) is 5.69 Å². The van der Waals surface area contributed by atoms with Crippen molar-refractivity contribution in [1.82, 2.24) is 5.32 Å². The van der Waals surface area contributed by atoms with Crippen molar-refractivity contribution in [2.24, 2.45) is 5.92 Å². The highest BCUT2D eigenvalue weighted by Crippen LogP contribution is 2.27. The van der Waals surface area contributed by atoms with Crippen LogP contribution < -0.4 is 15.4 Å². The van der Waals surface area contributed by atoms with Gasteiger partial charge in [-0.3, -0.25) is 9.59 Å². The van der Waals surface area contributed by atoms with Gasteiger partial charge in [-0.2, -0.15) is 0 Å². The van der Waals surface area contributed by atoms with E-state index < -0.39 is 0 Å². The van der Waals surface area contributed by atoms with E-state index in [1.807, 2.05) is 12.1 Å². The molecule has 0 aliphatic heterocycles. The van der Waals surface area contributed by atoms with Gasteiger partial charge in [-0.1, -0.05) is 23.2 Å². The molecule has 5 nitrogen and oxygen atoms in total. The minimum Gasteiger partial charge on any atom is -0.484 e. The topological polar surface area (TPSA) is 67.4 Å². The molecule has 1 saturated carbocycles. The summed E-state index contributed by atoms with van der Waals surface area (Å²) in [6.07, 6.45) is 4.22. The molecule has 1 fully saturated rings. The van der Waals surface area contributed by atoms with Gasteiger partial charge >= 0.3 is 0 Å². The van der Waals surface area contributed by atoms with E-state index >= 15 is 0 Å². The van der Waals surface area contributed by atoms with Crippen molar-refractivity contribution in [1.29, 1.82) is 0 Å². The fourth-order valence-corrected chi connectivity index (χ4v) is 3.87. The molecular weight excluding hydrogens is 423 g/mol. The molecule has 1 amide bonds. The van der Waals surface area contributed by atoms with Gasteiger partial charge in [0.25, 0.3) is 5.91 Å². The first kappa shape index (κ1) is 22.4. The van der Waals surface area contributed by atoms with Crippen LogP contribution in [0.5, 0.6) is 5.75 Å². The molecule has 0 bridgehead atoms. The molecule has 30 heavy (non-hydrogen) atoms. The maximum absolute atomic E-state index is 12.3. The molecule has 0 unspecified atom stereocenters. The molecule has 0 saturated heterocycles. The molecule has 0 aromatic heterocycles. The van der Waals surface area contributed by atoms with Crippen molar-refractivity contribution < 1.29 is 14.3 Å². The third kappa shape index (κ3) is 7.54. The lowest BCUT2D eigenvalue weighted by Gasteiger charge is -2.28. The summed E-state index contributed by atoms with van der Waals surface area (Å²) < 4.78 is 5.48. The summed E-state index contributed by atoms with van der Waals surface area (Å²) >= 11 is 11.7. The summed E-state index contributed by atoms with van der Waals surface area (Å²) in [6.45, 7) is 0.302. The number of amides is 1. The lowest BCUT2D eigenvalue weighted by atomic mass is 9.83. The number of rotatable bonds is 9. The van der Waals surface area contributed by atoms with E-state index in [-0.39, 0.29) is 24.3 Å². The third-order valence-electron chi connectivity index (χ3n) is 5.25. The molecule has 3 rings (SSSR count). The number of ketones is 1. The van der Waals surface area contributed by atoms with Crippen LogP contribution >= 0.6 is 23.2 Å². The zero-order valence-corrected chi connectivity index (χ0v) is 18.2. The van der Waals surface area contributed by atoms with Gasteiger partial charge in [0.2, 0.25) is 0 Å². The fourth-order valence-electron chi connectivity index (χ4n) is 3.62. The molecule has 0 heterocycles. The average Bonchev–Trinajstić information content (AvgIpc) is 2.74. The summed E-state index contributed by atoms with van der Waals surface area (Å²) in [5.41, 5.74) is 0.889. The summed E-state index contributed by atoms with van der Waals surface area (Å²) in [4.78, 5) is 24.4. The van der Waals surface area contributed by atoms with Crippen LogP contribution in [0.2, 0.25) is 10.0 Å². The SMILES string of the molecule is O=C(CNc1ccc(Cl)cc1)CC1CCC(NC(=O)COc2ccc(Cl)cc2)CC1. The summed E-state index contributed by atoms with van der Waals surface area (Å²) in [5, 5.41) is 7.47. The normalized spacial score (nSPS) is 18.5. The van der Waals surface area contributed by atoms with Crippen LogP contribution in [0, 0.1) is 5.92 Å². The van der Waals surface area contributed by atoms with Crippen LogP contribution in [0.1, 0.15) is 32.1 Å². The van der Waals surface area contributed by atoms with Crippen LogP contribution in [-0.2, 0) is 9.59 Å². The molecule has 0 radical (unpaired) electrons. The molecule has 1 aliphatic carbocycles. The monoisotopic (exact) mass is 448 g/mol. The van der Waals surface area contributed by atoms with Gasteiger partial charge in [0, 0.05) is 28.2 Å². The Morgan fingerprint density at radius 2 is 1.50 bits per heavy atom. The first-order chi connectivity index (χ1) is 14.5. The quantitative estimate of drug-likeness (QED) is 0.558. The molecule has 160 valence electrons. The van der Waals surface area contributed by atoms with Crippen LogP contribution in [0.3, 0.4) is 0 Å². The molecule has 2 aromatic carbocycles. The van der Waals surface area contributed by atoms with Gasteiger partial charge in [0.1, 0.15) is 5.75 Å². The maximum atomic E-state index is 12.3. The highest BCUT2D eigenvalue weighted by Gasteiger charge is 2.24. The molecule has 2 N–H and O–H groups in total. The standard InChI is InChI=1S/C23H26Cl2N2O3/c24-17-3-9-19(10-4-17)26-14-21(28)13-16-1-7-20(8-2-16)27-23(29)15-30-22-11-5-18(25)6-12-22/h3-6,9-12,16,20,26H,1-2,7-8,13-15H2,(H,27,29). The second-order valence-electron chi connectivity index (χ2n) is 7.63. The number of ether oxygens (including phenoxy) is 1. The number of anilines is 1. The number of nitrogens with one attached hydrogen (secondary N) is 2. The van der Waals surface area contributed by atoms with E-state index in [1.54, 1.807) is 36.4 Å². The Hall–Kier alpha value is -2.24. The molecule has 0 spiro atoms. The predicted molar refractivity (Wildman–Crippen MR) is 120 cm³/mol. The Bertz CT molecular complexity index is 761. The molecule has 1 aliphatic rings. The zero-order valence-electron chi connectivity index (χ0n) is 16.7. The number of hydrogen-bond acceptors (Lipinski definition) is 4. The predicted octanol–water partition coefficient (Wildman–Crippen LogP) is 5.12. The third-order valence-corrected chi connectivity index (χ3v) is 5.75. The first-order valence-corrected chi connectivity index (χ1v) is 10.9. The van der Waals surface area contributed by atoms with Crippen molar-refractivity contribution in [3.8, 4) is 5.75 Å². The van der Waals surface area contributed by atoms with E-state index in [0.717, 1.165) is 31.4 Å². The van der Waals surface area contributed by atoms with Crippen molar-refractivity contribution in [3.05, 3.63) is 58.6 Å². The van der Waals surface area contributed by atoms with Crippen LogP contribution in [0.25, 0.3) is 0 Å². The number of carbonyl (C=O) groups is 2. The van der Waals surface area contributed by atoms with Crippen molar-refractivity contribution in [3.63, 3.8) is 0 Å². The average molecular weight is 449 g/mol. The van der Waals surface area contributed by atoms with E-state index in [0.29, 0.717) is 34.7 Å². The summed E-state index contributed by atoms with van der Waals surface area (Å²) in [5.74, 6) is 1.07. The summed E-state index contributed by atoms with van der Waals surface area (Å²) in [7, 11) is 0. The van der Waals surface area contributed by atoms with Crippen molar-refractivity contribution in [2.45, 2.75) is 38.1 Å². The highest BCUT2D eigenvalue weighted by molar-refractivity contribution is 6.30. The van der Waals surface area contributed by atoms with Gasteiger partial charge in [-0.15, -0.1) is 0 Å². The number of benzene rings is 2. The van der Waals surface area contributed by atoms with E-state index in [9.17, 15) is 9.59 Å². The Kier molecular flexibility index (Phi) is 8.40. The van der Waals surface area contributed by atoms with E-state index in [1.165, 1.54) is 0 Å². The number of hydrogen-bond donors (Lipinski definition) is 2. The lowest BCUT2D eigenvalue weighted by Crippen LogP contribution is -2.40. The Balaban J connectivity index is 1.31. The smallest absolute Gasteiger partial charge is 0.258 e. The van der Waals surface area contributed by atoms with E-state index in [4.69, 9.17) is 27.9 Å². The second-order valence-corrected chi connectivity index (χ2v) is 8.50. The van der Waals surface area contributed by atoms with Gasteiger partial charge in [-0.05, 0) is 80.1 Å². The fraction of sp³-hybridized carbons (Fsp3) is 0.391. The minimum atomic E-state index is -0.128. The largest absolute Gasteiger partial charge is 0.484 e. The van der Waals surface area contributed by atoms with Crippen molar-refractivity contribution in [2.75, 3.05) is 18.5 Å². The first-order valence-electron chi connectivity index (χ1n) is 10.2. The summed E-state index contributed by atoms with van der Waals surface area (Å²) in [6, 6.07) is 14.4. The minimum absolute atomic E-state index is 0.0174. The molecule has 7 heteroatoms. The van der Waals surface area contributed by atoms with Crippen LogP contribution in [0.15, 0.2) is 48.5 Å². The molecule has 2 aromatic rings. The van der Waals surface area contributed by atoms with Gasteiger partial charge < -0.3 is 15.4 Å². The zero-order chi connectivity index (χ0) is 21.3. The second kappa shape index (κ2) is 11.2. The highest BCUT2D eigenvalue weighted by atomic mass is 35.5. The number of carbonyl (C=O) groups excluding carboxylic acids is 2. The van der Waals surface area contributed by atoms with Crippen LogP contribution in [-0.4, -0.2) is 30.9 Å². The lowest BCUT2D eigenvalue weighted by molar-refractivity contribution is -0.124. The molecule has 0 atom stereocenters. The Labute approximate surface area is 187 Å². The molecular formula is C23H26Cl2N2O3. The van der Waals surface area contributed by atoms with Gasteiger partial charge in [-0.25, -0.2) is 0 Å². The van der Waals surface area contributed by atoms with E-state index in [2.05, 4.69) is 10.6 Å². The van der Waals surface area contributed by atoms with Crippen molar-refractivity contribution >= 4 is 40.6 Å². The maximum Gasteiger partial charge on any atom is 0.258 e. The number of Topliss-reactive ketones (excluding diaryl/α,β-unsaturated/α-hetero) is 1.